The van der Waals surface area contributed by atoms with Crippen LogP contribution < -0.4 is 5.32 Å². The van der Waals surface area contributed by atoms with E-state index in [2.05, 4.69) is 43.5 Å². The highest BCUT2D eigenvalue weighted by molar-refractivity contribution is 5.76. The molecule has 3 unspecified atom stereocenters. The van der Waals surface area contributed by atoms with Gasteiger partial charge in [0.25, 0.3) is 0 Å². The molecule has 0 bridgehead atoms. The zero-order valence-corrected chi connectivity index (χ0v) is 26.9. The summed E-state index contributed by atoms with van der Waals surface area (Å²) in [6, 6.07) is -0.762. The van der Waals surface area contributed by atoms with Gasteiger partial charge in [-0.15, -0.1) is 0 Å². The number of unbranched alkanes of at least 4 members (excludes halogenated alkanes) is 17. The number of aliphatic hydroxyl groups is 3. The van der Waals surface area contributed by atoms with Crippen molar-refractivity contribution in [3.05, 3.63) is 36.5 Å². The van der Waals surface area contributed by atoms with Crippen LogP contribution in [0.3, 0.4) is 0 Å². The minimum absolute atomic E-state index is 0.00528. The monoisotopic (exact) mass is 578 g/mol. The van der Waals surface area contributed by atoms with Gasteiger partial charge in [0, 0.05) is 0 Å². The summed E-state index contributed by atoms with van der Waals surface area (Å²) >= 11 is 0. The maximum Gasteiger partial charge on any atom is 0.222 e. The number of rotatable bonds is 30. The first kappa shape index (κ1) is 39.6. The first-order chi connectivity index (χ1) is 20.0. The average molecular weight is 578 g/mol. The van der Waals surface area contributed by atoms with E-state index in [4.69, 9.17) is 0 Å². The summed E-state index contributed by atoms with van der Waals surface area (Å²) in [4.78, 5) is 12.3. The Balaban J connectivity index is 3.84. The zero-order chi connectivity index (χ0) is 30.2. The molecule has 240 valence electrons. The Morgan fingerprint density at radius 3 is 1.56 bits per heavy atom. The lowest BCUT2D eigenvalue weighted by atomic mass is 10.1. The van der Waals surface area contributed by atoms with E-state index in [0.29, 0.717) is 6.42 Å². The number of carbonyl (C=O) groups excluding carboxylic acids is 1. The molecule has 0 fully saturated rings. The van der Waals surface area contributed by atoms with Gasteiger partial charge < -0.3 is 20.6 Å². The lowest BCUT2D eigenvalue weighted by molar-refractivity contribution is -0.124. The van der Waals surface area contributed by atoms with E-state index >= 15 is 0 Å². The first-order valence-electron chi connectivity index (χ1n) is 17.3. The van der Waals surface area contributed by atoms with Crippen molar-refractivity contribution in [2.75, 3.05) is 6.61 Å². The van der Waals surface area contributed by atoms with Crippen molar-refractivity contribution in [2.24, 2.45) is 0 Å². The number of allylic oxidation sites excluding steroid dienone is 5. The molecule has 0 aliphatic heterocycles. The molecular weight excluding hydrogens is 510 g/mol. The van der Waals surface area contributed by atoms with Crippen molar-refractivity contribution in [2.45, 2.75) is 180 Å². The summed E-state index contributed by atoms with van der Waals surface area (Å²) in [5, 5.41) is 32.9. The van der Waals surface area contributed by atoms with E-state index < -0.39 is 18.2 Å². The van der Waals surface area contributed by atoms with Gasteiger partial charge in [-0.1, -0.05) is 134 Å². The SMILES string of the molecule is CCCCCCCC/C=C/CC/C=C/C(O)C(CO)NC(=O)CC(O)CCCCC/C=C\CCCCCCCCC. The molecule has 0 aliphatic carbocycles. The molecular formula is C36H67NO4. The van der Waals surface area contributed by atoms with Crippen LogP contribution in [0.2, 0.25) is 0 Å². The van der Waals surface area contributed by atoms with Crippen LogP contribution in [-0.4, -0.2) is 46.1 Å². The number of aliphatic hydroxyl groups excluding tert-OH is 3. The fourth-order valence-corrected chi connectivity index (χ4v) is 4.94. The summed E-state index contributed by atoms with van der Waals surface area (Å²) in [6.45, 7) is 4.15. The van der Waals surface area contributed by atoms with E-state index in [1.165, 1.54) is 89.9 Å². The summed E-state index contributed by atoms with van der Waals surface area (Å²) in [6.07, 6.45) is 36.9. The fraction of sp³-hybridized carbons (Fsp3) is 0.806. The van der Waals surface area contributed by atoms with Crippen molar-refractivity contribution in [1.29, 1.82) is 0 Å². The first-order valence-corrected chi connectivity index (χ1v) is 17.3. The zero-order valence-electron chi connectivity index (χ0n) is 26.9. The molecule has 5 heteroatoms. The second kappa shape index (κ2) is 31.5. The van der Waals surface area contributed by atoms with Crippen LogP contribution in [-0.2, 0) is 4.79 Å². The third-order valence-corrected chi connectivity index (χ3v) is 7.65. The molecule has 0 saturated heterocycles. The van der Waals surface area contributed by atoms with E-state index in [1.54, 1.807) is 6.08 Å². The van der Waals surface area contributed by atoms with E-state index in [0.717, 1.165) is 44.9 Å². The van der Waals surface area contributed by atoms with Gasteiger partial charge in [0.2, 0.25) is 5.91 Å². The smallest absolute Gasteiger partial charge is 0.222 e. The molecule has 0 rings (SSSR count). The maximum atomic E-state index is 12.3. The summed E-state index contributed by atoms with van der Waals surface area (Å²) < 4.78 is 0. The molecule has 0 aromatic heterocycles. The average Bonchev–Trinajstić information content (AvgIpc) is 2.96. The molecule has 5 nitrogen and oxygen atoms in total. The molecule has 0 aromatic carbocycles. The van der Waals surface area contributed by atoms with Crippen molar-refractivity contribution < 1.29 is 20.1 Å². The summed E-state index contributed by atoms with van der Waals surface area (Å²) in [5.41, 5.74) is 0. The molecule has 4 N–H and O–H groups in total. The fourth-order valence-electron chi connectivity index (χ4n) is 4.94. The Kier molecular flexibility index (Phi) is 30.4. The van der Waals surface area contributed by atoms with Crippen molar-refractivity contribution >= 4 is 5.91 Å². The maximum absolute atomic E-state index is 12.3. The van der Waals surface area contributed by atoms with Crippen molar-refractivity contribution in [3.8, 4) is 0 Å². The highest BCUT2D eigenvalue weighted by atomic mass is 16.3. The van der Waals surface area contributed by atoms with Crippen molar-refractivity contribution in [3.63, 3.8) is 0 Å². The minimum atomic E-state index is -0.952. The molecule has 0 aromatic rings. The van der Waals surface area contributed by atoms with Crippen LogP contribution in [0.25, 0.3) is 0 Å². The van der Waals surface area contributed by atoms with Gasteiger partial charge in [-0.05, 0) is 57.8 Å². The Bertz CT molecular complexity index is 645. The Morgan fingerprint density at radius 1 is 0.610 bits per heavy atom. The topological polar surface area (TPSA) is 89.8 Å². The Hall–Kier alpha value is -1.43. The lowest BCUT2D eigenvalue weighted by Gasteiger charge is -2.20. The second-order valence-electron chi connectivity index (χ2n) is 11.8. The van der Waals surface area contributed by atoms with Gasteiger partial charge in [-0.2, -0.15) is 0 Å². The van der Waals surface area contributed by atoms with Gasteiger partial charge in [-0.3, -0.25) is 4.79 Å². The van der Waals surface area contributed by atoms with Gasteiger partial charge in [0.1, 0.15) is 0 Å². The third kappa shape index (κ3) is 28.5. The molecule has 0 spiro atoms. The number of hydrogen-bond acceptors (Lipinski definition) is 4. The summed E-state index contributed by atoms with van der Waals surface area (Å²) in [5.74, 6) is -0.338. The molecule has 3 atom stereocenters. The molecule has 41 heavy (non-hydrogen) atoms. The lowest BCUT2D eigenvalue weighted by Crippen LogP contribution is -2.45. The van der Waals surface area contributed by atoms with Gasteiger partial charge in [-0.25, -0.2) is 0 Å². The number of hydrogen-bond donors (Lipinski definition) is 4. The van der Waals surface area contributed by atoms with E-state index in [9.17, 15) is 20.1 Å². The Labute approximate surface area is 254 Å². The van der Waals surface area contributed by atoms with Crippen LogP contribution in [0.15, 0.2) is 36.5 Å². The van der Waals surface area contributed by atoms with Crippen LogP contribution in [0, 0.1) is 0 Å². The predicted molar refractivity (Wildman–Crippen MR) is 176 cm³/mol. The number of carbonyl (C=O) groups is 1. The third-order valence-electron chi connectivity index (χ3n) is 7.65. The van der Waals surface area contributed by atoms with Gasteiger partial charge >= 0.3 is 0 Å². The molecule has 1 amide bonds. The number of nitrogens with one attached hydrogen (secondary N) is 1. The largest absolute Gasteiger partial charge is 0.394 e. The number of amides is 1. The van der Waals surface area contributed by atoms with Crippen LogP contribution in [0.1, 0.15) is 162 Å². The molecule has 0 radical (unpaired) electrons. The normalized spacial score (nSPS) is 14.4. The van der Waals surface area contributed by atoms with Crippen LogP contribution in [0.5, 0.6) is 0 Å². The van der Waals surface area contributed by atoms with E-state index in [1.807, 2.05) is 6.08 Å². The van der Waals surface area contributed by atoms with E-state index in [-0.39, 0.29) is 18.9 Å². The summed E-state index contributed by atoms with van der Waals surface area (Å²) in [7, 11) is 0. The molecule has 0 aliphatic rings. The van der Waals surface area contributed by atoms with Crippen LogP contribution in [0.4, 0.5) is 0 Å². The highest BCUT2D eigenvalue weighted by Gasteiger charge is 2.20. The molecule has 0 saturated carbocycles. The van der Waals surface area contributed by atoms with Gasteiger partial charge in [0.05, 0.1) is 31.3 Å². The Morgan fingerprint density at radius 2 is 1.05 bits per heavy atom. The van der Waals surface area contributed by atoms with Gasteiger partial charge in [0.15, 0.2) is 0 Å². The second-order valence-corrected chi connectivity index (χ2v) is 11.8. The van der Waals surface area contributed by atoms with Crippen molar-refractivity contribution in [1.82, 2.24) is 5.32 Å². The minimum Gasteiger partial charge on any atom is -0.394 e. The highest BCUT2D eigenvalue weighted by Crippen LogP contribution is 2.12. The standard InChI is InChI=1S/C36H67NO4/c1-3-5-7-9-11-13-15-17-18-19-21-23-25-27-29-33(39)31-36(41)37-34(32-38)35(40)30-28-26-24-22-20-16-14-12-10-8-6-4-2/h18-20,22,28,30,33-35,38-40H,3-17,21,23-27,29,31-32H2,1-2H3,(H,37,41)/b19-18-,22-20+,30-28+. The predicted octanol–water partition coefficient (Wildman–Crippen LogP) is 8.87. The van der Waals surface area contributed by atoms with Crippen LogP contribution >= 0.6 is 0 Å². The molecule has 0 heterocycles. The quantitative estimate of drug-likeness (QED) is 0.0507.